The molecule has 10 heteroatoms. The van der Waals surface area contributed by atoms with E-state index < -0.39 is 18.1 Å². The second kappa shape index (κ2) is 8.21. The Balaban J connectivity index is 1.81. The van der Waals surface area contributed by atoms with E-state index in [2.05, 4.69) is 15.5 Å². The lowest BCUT2D eigenvalue weighted by molar-refractivity contribution is -0.149. The molecule has 2 atom stereocenters. The zero-order chi connectivity index (χ0) is 19.4. The van der Waals surface area contributed by atoms with Gasteiger partial charge >= 0.3 is 5.97 Å². The largest absolute Gasteiger partial charge is 0.481 e. The number of amides is 1. The van der Waals surface area contributed by atoms with Crippen molar-refractivity contribution in [3.63, 3.8) is 0 Å². The molecule has 0 radical (unpaired) electrons. The molecule has 1 fully saturated rings. The molecule has 0 bridgehead atoms. The lowest BCUT2D eigenvalue weighted by Gasteiger charge is -2.34. The minimum atomic E-state index is -0.978. The van der Waals surface area contributed by atoms with Gasteiger partial charge in [0.05, 0.1) is 19.1 Å². The molecule has 0 aliphatic carbocycles. The van der Waals surface area contributed by atoms with E-state index in [1.54, 1.807) is 24.0 Å². The van der Waals surface area contributed by atoms with Crippen LogP contribution in [0.15, 0.2) is 24.3 Å². The number of nitrogens with zero attached hydrogens (tertiary/aromatic N) is 5. The van der Waals surface area contributed by atoms with Gasteiger partial charge in [-0.1, -0.05) is 12.1 Å². The van der Waals surface area contributed by atoms with Gasteiger partial charge in [0.2, 0.25) is 5.91 Å². The number of rotatable bonds is 6. The Morgan fingerprint density at radius 3 is 2.74 bits per heavy atom. The second-order valence-corrected chi connectivity index (χ2v) is 6.39. The van der Waals surface area contributed by atoms with Crippen LogP contribution in [0.3, 0.4) is 0 Å². The molecule has 1 aliphatic rings. The number of carbonyl (C=O) groups excluding carboxylic acids is 1. The smallest absolute Gasteiger partial charge is 0.306 e. The number of ether oxygens (including phenoxy) is 1. The summed E-state index contributed by atoms with van der Waals surface area (Å²) in [5.41, 5.74) is 0.764. The number of aromatic nitrogens is 4. The molecule has 0 saturated carbocycles. The molecular formula is C17H20FN5O4. The summed E-state index contributed by atoms with van der Waals surface area (Å²) in [6, 6.07) is 5.18. The van der Waals surface area contributed by atoms with Crippen molar-refractivity contribution in [2.45, 2.75) is 31.9 Å². The van der Waals surface area contributed by atoms with Gasteiger partial charge in [0.1, 0.15) is 17.7 Å². The van der Waals surface area contributed by atoms with Crippen molar-refractivity contribution in [2.24, 2.45) is 0 Å². The van der Waals surface area contributed by atoms with Crippen molar-refractivity contribution in [1.29, 1.82) is 0 Å². The molecule has 1 N–H and O–H groups in total. The Hall–Kier alpha value is -2.88. The highest BCUT2D eigenvalue weighted by Gasteiger charge is 2.32. The Morgan fingerprint density at radius 1 is 1.37 bits per heavy atom. The summed E-state index contributed by atoms with van der Waals surface area (Å²) in [6.07, 6.45) is -0.441. The van der Waals surface area contributed by atoms with E-state index in [9.17, 15) is 14.0 Å². The van der Waals surface area contributed by atoms with Crippen molar-refractivity contribution < 1.29 is 23.8 Å². The van der Waals surface area contributed by atoms with Crippen LogP contribution in [0.2, 0.25) is 0 Å². The van der Waals surface area contributed by atoms with Gasteiger partial charge < -0.3 is 14.7 Å². The summed E-state index contributed by atoms with van der Waals surface area (Å²) in [4.78, 5) is 25.7. The van der Waals surface area contributed by atoms with Crippen LogP contribution in [0.1, 0.15) is 23.9 Å². The van der Waals surface area contributed by atoms with Gasteiger partial charge in [-0.05, 0) is 35.0 Å². The molecule has 2 aromatic rings. The molecule has 1 saturated heterocycles. The zero-order valence-corrected chi connectivity index (χ0v) is 14.8. The summed E-state index contributed by atoms with van der Waals surface area (Å²) in [7, 11) is 0. The van der Waals surface area contributed by atoms with Crippen LogP contribution in [0.4, 0.5) is 4.39 Å². The van der Waals surface area contributed by atoms with E-state index in [0.29, 0.717) is 12.4 Å². The van der Waals surface area contributed by atoms with Gasteiger partial charge in [0.15, 0.2) is 0 Å². The molecule has 0 unspecified atom stereocenters. The predicted octanol–water partition coefficient (Wildman–Crippen LogP) is 0.607. The molecule has 144 valence electrons. The maximum Gasteiger partial charge on any atom is 0.306 e. The number of hydrogen-bond acceptors (Lipinski definition) is 6. The predicted molar refractivity (Wildman–Crippen MR) is 90.3 cm³/mol. The standard InChI is InChI=1S/C17H20FN5O4/c1-11-19-20-21-23(11)15(8-12-2-4-13(18)5-3-12)17(26)22-6-7-27-14(10-22)9-16(24)25/h2-5,14-15H,6-10H2,1H3,(H,24,25)/t14-,15-/m0/s1. The average molecular weight is 377 g/mol. The summed E-state index contributed by atoms with van der Waals surface area (Å²) in [5.74, 6) is -1.09. The first-order valence-corrected chi connectivity index (χ1v) is 8.55. The monoisotopic (exact) mass is 377 g/mol. The minimum absolute atomic E-state index is 0.170. The van der Waals surface area contributed by atoms with Crippen molar-refractivity contribution in [2.75, 3.05) is 19.7 Å². The number of hydrogen-bond donors (Lipinski definition) is 1. The van der Waals surface area contributed by atoms with Crippen LogP contribution in [-0.4, -0.2) is 67.9 Å². The number of halogens is 1. The molecule has 27 heavy (non-hydrogen) atoms. The number of carboxylic acid groups (broad SMARTS) is 1. The topological polar surface area (TPSA) is 110 Å². The van der Waals surface area contributed by atoms with Gasteiger partial charge in [-0.2, -0.15) is 0 Å². The molecule has 3 rings (SSSR count). The van der Waals surface area contributed by atoms with Gasteiger partial charge in [0, 0.05) is 19.5 Å². The Kier molecular flexibility index (Phi) is 5.75. The molecule has 1 aliphatic heterocycles. The molecule has 0 spiro atoms. The van der Waals surface area contributed by atoms with E-state index in [1.165, 1.54) is 16.8 Å². The highest BCUT2D eigenvalue weighted by molar-refractivity contribution is 5.81. The van der Waals surface area contributed by atoms with E-state index in [1.807, 2.05) is 0 Å². The Morgan fingerprint density at radius 2 is 2.11 bits per heavy atom. The molecular weight excluding hydrogens is 357 g/mol. The SMILES string of the molecule is Cc1nnnn1[C@@H](Cc1ccc(F)cc1)C(=O)N1CCO[C@@H](CC(=O)O)C1. The van der Waals surface area contributed by atoms with E-state index in [0.717, 1.165) is 5.56 Å². The quantitative estimate of drug-likeness (QED) is 0.785. The maximum absolute atomic E-state index is 13.2. The third kappa shape index (κ3) is 4.64. The second-order valence-electron chi connectivity index (χ2n) is 6.39. The first-order chi connectivity index (χ1) is 12.9. The van der Waals surface area contributed by atoms with Gasteiger partial charge in [0.25, 0.3) is 0 Å². The molecule has 1 aromatic heterocycles. The van der Waals surface area contributed by atoms with Crippen molar-refractivity contribution in [1.82, 2.24) is 25.1 Å². The molecule has 1 aromatic carbocycles. The fourth-order valence-electron chi connectivity index (χ4n) is 3.10. The summed E-state index contributed by atoms with van der Waals surface area (Å²) in [5, 5.41) is 20.3. The number of aryl methyl sites for hydroxylation is 1. The van der Waals surface area contributed by atoms with Crippen LogP contribution in [-0.2, 0) is 20.7 Å². The van der Waals surface area contributed by atoms with E-state index in [-0.39, 0.29) is 37.7 Å². The highest BCUT2D eigenvalue weighted by atomic mass is 19.1. The Bertz CT molecular complexity index is 810. The third-order valence-corrected chi connectivity index (χ3v) is 4.43. The number of morpholine rings is 1. The third-order valence-electron chi connectivity index (χ3n) is 4.43. The van der Waals surface area contributed by atoms with Crippen LogP contribution in [0.5, 0.6) is 0 Å². The van der Waals surface area contributed by atoms with Gasteiger partial charge in [-0.25, -0.2) is 9.07 Å². The summed E-state index contributed by atoms with van der Waals surface area (Å²) < 4.78 is 20.1. The fraction of sp³-hybridized carbons (Fsp3) is 0.471. The average Bonchev–Trinajstić information content (AvgIpc) is 3.06. The number of tetrazole rings is 1. The summed E-state index contributed by atoms with van der Waals surface area (Å²) >= 11 is 0. The lowest BCUT2D eigenvalue weighted by atomic mass is 10.0. The molecule has 2 heterocycles. The maximum atomic E-state index is 13.2. The van der Waals surface area contributed by atoms with Gasteiger partial charge in [-0.3, -0.25) is 9.59 Å². The first-order valence-electron chi connectivity index (χ1n) is 8.55. The zero-order valence-electron chi connectivity index (χ0n) is 14.8. The van der Waals surface area contributed by atoms with Crippen LogP contribution < -0.4 is 0 Å². The van der Waals surface area contributed by atoms with Crippen molar-refractivity contribution in [3.05, 3.63) is 41.5 Å². The number of carboxylic acids is 1. The molecule has 1 amide bonds. The number of carbonyl (C=O) groups is 2. The number of benzene rings is 1. The fourth-order valence-corrected chi connectivity index (χ4v) is 3.10. The molecule has 9 nitrogen and oxygen atoms in total. The highest BCUT2D eigenvalue weighted by Crippen LogP contribution is 2.20. The summed E-state index contributed by atoms with van der Waals surface area (Å²) in [6.45, 7) is 2.50. The van der Waals surface area contributed by atoms with E-state index in [4.69, 9.17) is 9.84 Å². The van der Waals surface area contributed by atoms with E-state index >= 15 is 0 Å². The first kappa shape index (κ1) is 18.9. The van der Waals surface area contributed by atoms with Crippen molar-refractivity contribution >= 4 is 11.9 Å². The lowest BCUT2D eigenvalue weighted by Crippen LogP contribution is -2.49. The van der Waals surface area contributed by atoms with Crippen molar-refractivity contribution in [3.8, 4) is 0 Å². The van der Waals surface area contributed by atoms with Crippen LogP contribution >= 0.6 is 0 Å². The van der Waals surface area contributed by atoms with Crippen LogP contribution in [0.25, 0.3) is 0 Å². The minimum Gasteiger partial charge on any atom is -0.481 e. The normalized spacial score (nSPS) is 18.3. The van der Waals surface area contributed by atoms with Gasteiger partial charge in [-0.15, -0.1) is 5.10 Å². The van der Waals surface area contributed by atoms with Crippen LogP contribution in [0, 0.1) is 12.7 Å². The Labute approximate surface area is 154 Å². The number of aliphatic carboxylic acids is 1.